The number of amides is 2. The van der Waals surface area contributed by atoms with E-state index in [1.54, 1.807) is 0 Å². The van der Waals surface area contributed by atoms with Crippen LogP contribution in [0.15, 0.2) is 59.6 Å². The van der Waals surface area contributed by atoms with Crippen molar-refractivity contribution >= 4 is 40.1 Å². The molecule has 0 bridgehead atoms. The van der Waals surface area contributed by atoms with Gasteiger partial charge in [0.25, 0.3) is 0 Å². The Bertz CT molecular complexity index is 805. The third kappa shape index (κ3) is 4.48. The molecule has 1 aliphatic heterocycles. The molecule has 1 saturated heterocycles. The molecule has 0 radical (unpaired) electrons. The number of nitrogens with zero attached hydrogens (tertiary/aromatic N) is 1. The molecular weight excluding hydrogens is 334 g/mol. The average Bonchev–Trinajstić information content (AvgIpc) is 2.95. The van der Waals surface area contributed by atoms with E-state index in [2.05, 4.69) is 15.6 Å². The van der Waals surface area contributed by atoms with Crippen LogP contribution in [0.1, 0.15) is 18.9 Å². The summed E-state index contributed by atoms with van der Waals surface area (Å²) in [6, 6.07) is 17.1. The van der Waals surface area contributed by atoms with Gasteiger partial charge in [0.1, 0.15) is 5.25 Å². The van der Waals surface area contributed by atoms with Gasteiger partial charge in [-0.3, -0.25) is 9.59 Å². The fourth-order valence-corrected chi connectivity index (χ4v) is 3.52. The maximum atomic E-state index is 12.3. The Balaban J connectivity index is 1.62. The van der Waals surface area contributed by atoms with Crippen LogP contribution in [0.3, 0.4) is 0 Å². The van der Waals surface area contributed by atoms with Crippen LogP contribution in [0.2, 0.25) is 0 Å². The van der Waals surface area contributed by atoms with Gasteiger partial charge in [0, 0.05) is 12.1 Å². The summed E-state index contributed by atoms with van der Waals surface area (Å²) in [4.78, 5) is 28.8. The van der Waals surface area contributed by atoms with Crippen LogP contribution in [0.25, 0.3) is 0 Å². The van der Waals surface area contributed by atoms with Crippen LogP contribution in [0, 0.1) is 0 Å². The largest absolute Gasteiger partial charge is 0.326 e. The van der Waals surface area contributed by atoms with E-state index in [1.165, 1.54) is 11.8 Å². The minimum absolute atomic E-state index is 0.113. The molecule has 2 aromatic rings. The first-order chi connectivity index (χ1) is 12.2. The van der Waals surface area contributed by atoms with E-state index in [9.17, 15) is 9.59 Å². The number of anilines is 1. The minimum Gasteiger partial charge on any atom is -0.326 e. The molecule has 0 aromatic heterocycles. The first kappa shape index (κ1) is 17.2. The lowest BCUT2D eigenvalue weighted by Gasteiger charge is -2.10. The second-order valence-corrected chi connectivity index (χ2v) is 6.80. The summed E-state index contributed by atoms with van der Waals surface area (Å²) in [5.41, 5.74) is 2.65. The van der Waals surface area contributed by atoms with Gasteiger partial charge in [0.2, 0.25) is 11.8 Å². The second kappa shape index (κ2) is 7.98. The number of carbonyl (C=O) groups is 2. The maximum Gasteiger partial charge on any atom is 0.240 e. The van der Waals surface area contributed by atoms with Gasteiger partial charge >= 0.3 is 0 Å². The molecule has 2 aromatic carbocycles. The molecule has 2 amide bonds. The van der Waals surface area contributed by atoms with E-state index < -0.39 is 5.25 Å². The van der Waals surface area contributed by atoms with Crippen LogP contribution in [-0.2, 0) is 16.0 Å². The van der Waals surface area contributed by atoms with Crippen LogP contribution < -0.4 is 10.6 Å². The number of hydrogen-bond acceptors (Lipinski definition) is 4. The third-order valence-electron chi connectivity index (χ3n) is 3.81. The Morgan fingerprint density at radius 2 is 1.88 bits per heavy atom. The van der Waals surface area contributed by atoms with E-state index in [4.69, 9.17) is 0 Å². The first-order valence-electron chi connectivity index (χ1n) is 8.14. The first-order valence-corrected chi connectivity index (χ1v) is 9.02. The quantitative estimate of drug-likeness (QED) is 0.864. The Morgan fingerprint density at radius 1 is 1.16 bits per heavy atom. The van der Waals surface area contributed by atoms with Crippen LogP contribution in [0.5, 0.6) is 0 Å². The van der Waals surface area contributed by atoms with Crippen molar-refractivity contribution in [2.75, 3.05) is 5.32 Å². The number of thioether (sulfide) groups is 1. The summed E-state index contributed by atoms with van der Waals surface area (Å²) < 4.78 is 0. The highest BCUT2D eigenvalue weighted by molar-refractivity contribution is 8.15. The van der Waals surface area contributed by atoms with Crippen LogP contribution >= 0.6 is 11.8 Å². The molecule has 0 unspecified atom stereocenters. The second-order valence-electron chi connectivity index (χ2n) is 5.61. The van der Waals surface area contributed by atoms with Gasteiger partial charge < -0.3 is 10.6 Å². The van der Waals surface area contributed by atoms with E-state index in [-0.39, 0.29) is 18.2 Å². The fraction of sp³-hybridized carbons (Fsp3) is 0.211. The monoisotopic (exact) mass is 353 g/mol. The molecule has 2 N–H and O–H groups in total. The standard InChI is InChI=1S/C19H19N3O2S/c1-2-13-8-6-7-11-15(13)21-17(23)12-16-18(24)22-19(25-16)20-14-9-4-3-5-10-14/h3-11,16H,2,12H2,1H3,(H,21,23)(H,20,22,24)/t16-/m0/s1. The number of benzene rings is 2. The van der Waals surface area contributed by atoms with Crippen molar-refractivity contribution in [3.8, 4) is 0 Å². The molecule has 0 spiro atoms. The molecule has 128 valence electrons. The smallest absolute Gasteiger partial charge is 0.240 e. The van der Waals surface area contributed by atoms with Gasteiger partial charge in [-0.05, 0) is 30.2 Å². The molecule has 0 aliphatic carbocycles. The Morgan fingerprint density at radius 3 is 2.64 bits per heavy atom. The van der Waals surface area contributed by atoms with Gasteiger partial charge in [-0.25, -0.2) is 4.99 Å². The van der Waals surface area contributed by atoms with Gasteiger partial charge in [0.15, 0.2) is 5.17 Å². The number of nitrogens with one attached hydrogen (secondary N) is 2. The summed E-state index contributed by atoms with van der Waals surface area (Å²) in [5.74, 6) is -0.354. The number of rotatable bonds is 5. The van der Waals surface area contributed by atoms with Crippen molar-refractivity contribution in [3.63, 3.8) is 0 Å². The zero-order valence-corrected chi connectivity index (χ0v) is 14.7. The molecule has 5 nitrogen and oxygen atoms in total. The number of hydrogen-bond donors (Lipinski definition) is 2. The minimum atomic E-state index is -0.462. The number of aryl methyl sites for hydroxylation is 1. The van der Waals surface area contributed by atoms with Gasteiger partial charge in [-0.1, -0.05) is 55.1 Å². The van der Waals surface area contributed by atoms with Crippen molar-refractivity contribution in [3.05, 3.63) is 60.2 Å². The highest BCUT2D eigenvalue weighted by atomic mass is 32.2. The van der Waals surface area contributed by atoms with Crippen molar-refractivity contribution in [1.82, 2.24) is 5.32 Å². The Labute approximate surface area is 150 Å². The third-order valence-corrected chi connectivity index (χ3v) is 4.89. The predicted octanol–water partition coefficient (Wildman–Crippen LogP) is 3.50. The van der Waals surface area contributed by atoms with Crippen molar-refractivity contribution in [2.45, 2.75) is 25.0 Å². The Kier molecular flexibility index (Phi) is 5.50. The average molecular weight is 353 g/mol. The van der Waals surface area contributed by atoms with E-state index >= 15 is 0 Å². The van der Waals surface area contributed by atoms with E-state index in [0.717, 1.165) is 23.4 Å². The van der Waals surface area contributed by atoms with Gasteiger partial charge in [-0.15, -0.1) is 0 Å². The lowest BCUT2D eigenvalue weighted by molar-refractivity contribution is -0.122. The van der Waals surface area contributed by atoms with Crippen molar-refractivity contribution in [2.24, 2.45) is 4.99 Å². The molecule has 25 heavy (non-hydrogen) atoms. The number of carbonyl (C=O) groups excluding carboxylic acids is 2. The maximum absolute atomic E-state index is 12.3. The highest BCUT2D eigenvalue weighted by Crippen LogP contribution is 2.25. The number of aliphatic imine (C=N–C) groups is 1. The van der Waals surface area contributed by atoms with Crippen LogP contribution in [0.4, 0.5) is 11.4 Å². The zero-order chi connectivity index (χ0) is 17.6. The van der Waals surface area contributed by atoms with Gasteiger partial charge in [0.05, 0.1) is 5.69 Å². The summed E-state index contributed by atoms with van der Waals surface area (Å²) in [7, 11) is 0. The molecule has 6 heteroatoms. The zero-order valence-electron chi connectivity index (χ0n) is 13.9. The van der Waals surface area contributed by atoms with E-state index in [1.807, 2.05) is 61.5 Å². The fourth-order valence-electron chi connectivity index (χ4n) is 2.53. The van der Waals surface area contributed by atoms with E-state index in [0.29, 0.717) is 5.17 Å². The molecule has 1 aliphatic rings. The van der Waals surface area contributed by atoms with Crippen molar-refractivity contribution < 1.29 is 9.59 Å². The summed E-state index contributed by atoms with van der Waals surface area (Å²) in [6.45, 7) is 2.04. The summed E-state index contributed by atoms with van der Waals surface area (Å²) >= 11 is 1.29. The molecule has 1 heterocycles. The lowest BCUT2D eigenvalue weighted by atomic mass is 10.1. The Hall–Kier alpha value is -2.60. The molecule has 3 rings (SSSR count). The summed E-state index contributed by atoms with van der Waals surface area (Å²) in [6.07, 6.45) is 0.950. The number of amidine groups is 1. The topological polar surface area (TPSA) is 70.6 Å². The van der Waals surface area contributed by atoms with Gasteiger partial charge in [-0.2, -0.15) is 0 Å². The number of para-hydroxylation sites is 2. The summed E-state index contributed by atoms with van der Waals surface area (Å²) in [5, 5.41) is 5.71. The SMILES string of the molecule is CCc1ccccc1NC(=O)C[C@@H]1SC(=Nc2ccccc2)NC1=O. The van der Waals surface area contributed by atoms with Crippen molar-refractivity contribution in [1.29, 1.82) is 0 Å². The molecular formula is C19H19N3O2S. The molecule has 0 saturated carbocycles. The predicted molar refractivity (Wildman–Crippen MR) is 102 cm³/mol. The molecule has 1 atom stereocenters. The lowest BCUT2D eigenvalue weighted by Crippen LogP contribution is -2.28. The highest BCUT2D eigenvalue weighted by Gasteiger charge is 2.32. The normalized spacial score (nSPS) is 18.2. The molecule has 1 fully saturated rings. The van der Waals surface area contributed by atoms with Crippen LogP contribution in [-0.4, -0.2) is 22.2 Å².